The summed E-state index contributed by atoms with van der Waals surface area (Å²) in [5, 5.41) is 9.32. The normalized spacial score (nSPS) is 19.2. The van der Waals surface area contributed by atoms with Gasteiger partial charge < -0.3 is 0 Å². The highest BCUT2D eigenvalue weighted by Crippen LogP contribution is 2.24. The van der Waals surface area contributed by atoms with Crippen molar-refractivity contribution in [2.75, 3.05) is 5.12 Å². The monoisotopic (exact) mass is 229 g/mol. The van der Waals surface area contributed by atoms with Gasteiger partial charge in [-0.2, -0.15) is 15.6 Å². The highest BCUT2D eigenvalue weighted by molar-refractivity contribution is 7.14. The van der Waals surface area contributed by atoms with Gasteiger partial charge >= 0.3 is 0 Å². The fourth-order valence-electron chi connectivity index (χ4n) is 1.66. The minimum Gasteiger partial charge on any atom is -0.199 e. The topological polar surface area (TPSA) is 27.6 Å². The summed E-state index contributed by atoms with van der Waals surface area (Å²) < 4.78 is 0. The summed E-state index contributed by atoms with van der Waals surface area (Å²) in [7, 11) is 0. The van der Waals surface area contributed by atoms with Crippen LogP contribution in [0.2, 0.25) is 0 Å². The third-order valence-corrected chi connectivity index (χ3v) is 3.31. The summed E-state index contributed by atoms with van der Waals surface area (Å²) in [6.45, 7) is 0. The van der Waals surface area contributed by atoms with E-state index in [-0.39, 0.29) is 6.04 Å². The van der Waals surface area contributed by atoms with Crippen molar-refractivity contribution in [2.45, 2.75) is 6.04 Å². The number of rotatable bonds is 2. The minimum absolute atomic E-state index is 0.170. The lowest BCUT2D eigenvalue weighted by Gasteiger charge is -2.15. The zero-order chi connectivity index (χ0) is 10.8. The molecule has 80 valence electrons. The van der Waals surface area contributed by atoms with Crippen molar-refractivity contribution in [3.8, 4) is 0 Å². The molecule has 0 radical (unpaired) electrons. The van der Waals surface area contributed by atoms with Gasteiger partial charge in [-0.25, -0.2) is 0 Å². The number of thiophene rings is 1. The molecule has 1 aromatic carbocycles. The summed E-state index contributed by atoms with van der Waals surface area (Å²) in [6, 6.07) is 14.5. The molecule has 2 aromatic rings. The predicted octanol–water partition coefficient (Wildman–Crippen LogP) is 2.80. The molecule has 0 saturated carbocycles. The lowest BCUT2D eigenvalue weighted by atomic mass is 10.1. The number of hydrazone groups is 1. The molecular formula is C12H11N3S. The maximum atomic E-state index is 4.34. The molecular weight excluding hydrogens is 218 g/mol. The van der Waals surface area contributed by atoms with Crippen LogP contribution in [-0.4, -0.2) is 6.21 Å². The summed E-state index contributed by atoms with van der Waals surface area (Å²) in [6.07, 6.45) is 1.93. The van der Waals surface area contributed by atoms with Crippen LogP contribution in [0.4, 0.5) is 5.00 Å². The molecule has 0 amide bonds. The zero-order valence-electron chi connectivity index (χ0n) is 8.58. The molecule has 0 spiro atoms. The van der Waals surface area contributed by atoms with Crippen molar-refractivity contribution in [2.24, 2.45) is 5.10 Å². The molecule has 4 heteroatoms. The fourth-order valence-corrected chi connectivity index (χ4v) is 2.32. The Kier molecular flexibility index (Phi) is 2.44. The summed E-state index contributed by atoms with van der Waals surface area (Å²) in [4.78, 5) is 0. The average Bonchev–Trinajstić information content (AvgIpc) is 3.01. The van der Waals surface area contributed by atoms with Crippen LogP contribution < -0.4 is 10.5 Å². The van der Waals surface area contributed by atoms with Crippen LogP contribution in [0.3, 0.4) is 0 Å². The second kappa shape index (κ2) is 4.08. The Morgan fingerprint density at radius 2 is 2.00 bits per heavy atom. The van der Waals surface area contributed by atoms with E-state index in [0.717, 1.165) is 5.00 Å². The van der Waals surface area contributed by atoms with Crippen LogP contribution in [-0.2, 0) is 0 Å². The Balaban J connectivity index is 1.78. The lowest BCUT2D eigenvalue weighted by molar-refractivity contribution is 0.664. The van der Waals surface area contributed by atoms with Gasteiger partial charge in [-0.15, -0.1) is 11.3 Å². The molecule has 0 aliphatic carbocycles. The van der Waals surface area contributed by atoms with E-state index in [4.69, 9.17) is 0 Å². The standard InChI is InChI=1S/C12H11N3S/c1-2-5-10(6-3-1)11-9-13-15(14-11)12-7-4-8-16-12/h1-9,11,14H. The summed E-state index contributed by atoms with van der Waals surface area (Å²) >= 11 is 1.67. The molecule has 1 aromatic heterocycles. The van der Waals surface area contributed by atoms with Gasteiger partial charge in [-0.1, -0.05) is 30.3 Å². The smallest absolute Gasteiger partial charge is 0.130 e. The zero-order valence-corrected chi connectivity index (χ0v) is 9.39. The Labute approximate surface area is 98.0 Å². The van der Waals surface area contributed by atoms with E-state index in [2.05, 4.69) is 22.7 Å². The van der Waals surface area contributed by atoms with E-state index in [9.17, 15) is 0 Å². The number of hydrazine groups is 1. The Hall–Kier alpha value is -1.65. The Bertz CT molecular complexity index is 478. The first-order chi connectivity index (χ1) is 7.93. The third-order valence-electron chi connectivity index (χ3n) is 2.47. The molecule has 3 nitrogen and oxygen atoms in total. The van der Waals surface area contributed by atoms with E-state index < -0.39 is 0 Å². The van der Waals surface area contributed by atoms with E-state index in [1.54, 1.807) is 11.3 Å². The summed E-state index contributed by atoms with van der Waals surface area (Å²) in [5.41, 5.74) is 4.56. The van der Waals surface area contributed by atoms with Crippen LogP contribution in [0.25, 0.3) is 0 Å². The first-order valence-electron chi connectivity index (χ1n) is 5.12. The number of benzene rings is 1. The van der Waals surface area contributed by atoms with Gasteiger partial charge in [0.25, 0.3) is 0 Å². The second-order valence-corrected chi connectivity index (χ2v) is 4.47. The summed E-state index contributed by atoms with van der Waals surface area (Å²) in [5.74, 6) is 0. The first kappa shape index (κ1) is 9.57. The largest absolute Gasteiger partial charge is 0.199 e. The molecule has 0 fully saturated rings. The third kappa shape index (κ3) is 1.73. The second-order valence-electron chi connectivity index (χ2n) is 3.55. The molecule has 1 atom stereocenters. The van der Waals surface area contributed by atoms with Crippen molar-refractivity contribution >= 4 is 22.6 Å². The predicted molar refractivity (Wildman–Crippen MR) is 67.6 cm³/mol. The quantitative estimate of drug-likeness (QED) is 0.857. The highest BCUT2D eigenvalue weighted by atomic mass is 32.1. The molecule has 16 heavy (non-hydrogen) atoms. The van der Waals surface area contributed by atoms with Crippen LogP contribution in [0.15, 0.2) is 52.9 Å². The molecule has 0 bridgehead atoms. The Morgan fingerprint density at radius 1 is 1.12 bits per heavy atom. The van der Waals surface area contributed by atoms with Gasteiger partial charge in [0.1, 0.15) is 5.00 Å². The molecule has 2 heterocycles. The number of anilines is 1. The van der Waals surface area contributed by atoms with Gasteiger partial charge in [0, 0.05) is 6.21 Å². The van der Waals surface area contributed by atoms with E-state index in [1.807, 2.05) is 47.0 Å². The van der Waals surface area contributed by atoms with Crippen LogP contribution in [0.5, 0.6) is 0 Å². The lowest BCUT2D eigenvalue weighted by Crippen LogP contribution is -2.30. The maximum Gasteiger partial charge on any atom is 0.130 e. The molecule has 1 aliphatic heterocycles. The molecule has 3 rings (SSSR count). The molecule has 0 saturated heterocycles. The minimum atomic E-state index is 0.170. The van der Waals surface area contributed by atoms with Crippen molar-refractivity contribution < 1.29 is 0 Å². The van der Waals surface area contributed by atoms with Gasteiger partial charge in [-0.05, 0) is 23.1 Å². The van der Waals surface area contributed by atoms with Gasteiger partial charge in [0.2, 0.25) is 0 Å². The van der Waals surface area contributed by atoms with E-state index >= 15 is 0 Å². The van der Waals surface area contributed by atoms with Gasteiger partial charge in [0.15, 0.2) is 0 Å². The van der Waals surface area contributed by atoms with Crippen molar-refractivity contribution in [1.29, 1.82) is 0 Å². The molecule has 1 aliphatic rings. The van der Waals surface area contributed by atoms with Crippen LogP contribution >= 0.6 is 11.3 Å². The number of hydrogen-bond acceptors (Lipinski definition) is 4. The van der Waals surface area contributed by atoms with Crippen molar-refractivity contribution in [1.82, 2.24) is 5.43 Å². The van der Waals surface area contributed by atoms with Crippen molar-refractivity contribution in [3.63, 3.8) is 0 Å². The highest BCUT2D eigenvalue weighted by Gasteiger charge is 2.19. The van der Waals surface area contributed by atoms with Gasteiger partial charge in [-0.3, -0.25) is 0 Å². The first-order valence-corrected chi connectivity index (χ1v) is 6.00. The van der Waals surface area contributed by atoms with Crippen LogP contribution in [0.1, 0.15) is 11.6 Å². The van der Waals surface area contributed by atoms with E-state index in [0.29, 0.717) is 0 Å². The number of hydrogen-bond donors (Lipinski definition) is 1. The van der Waals surface area contributed by atoms with Crippen molar-refractivity contribution in [3.05, 3.63) is 53.4 Å². The fraction of sp³-hybridized carbons (Fsp3) is 0.0833. The molecule has 1 N–H and O–H groups in total. The van der Waals surface area contributed by atoms with Crippen LogP contribution in [0, 0.1) is 0 Å². The SMILES string of the molecule is C1=NN(c2cccs2)NC1c1ccccc1. The maximum absolute atomic E-state index is 4.34. The van der Waals surface area contributed by atoms with E-state index in [1.165, 1.54) is 5.56 Å². The van der Waals surface area contributed by atoms with Gasteiger partial charge in [0.05, 0.1) is 6.04 Å². The average molecular weight is 229 g/mol. The number of nitrogens with one attached hydrogen (secondary N) is 1. The Morgan fingerprint density at radius 3 is 2.75 bits per heavy atom. The number of nitrogens with zero attached hydrogens (tertiary/aromatic N) is 2. The molecule has 1 unspecified atom stereocenters.